The minimum absolute atomic E-state index is 0.170. The van der Waals surface area contributed by atoms with Crippen molar-refractivity contribution in [2.45, 2.75) is 4.90 Å². The van der Waals surface area contributed by atoms with Gasteiger partial charge in [0.05, 0.1) is 24.2 Å². The highest BCUT2D eigenvalue weighted by molar-refractivity contribution is 7.86. The number of nitrogens with two attached hydrogens (primary N) is 1. The zero-order chi connectivity index (χ0) is 18.0. The molecule has 0 aromatic heterocycles. The molecule has 0 aliphatic carbocycles. The van der Waals surface area contributed by atoms with E-state index >= 15 is 0 Å². The Kier molecular flexibility index (Phi) is 4.39. The molecule has 3 rings (SSSR count). The Labute approximate surface area is 144 Å². The van der Waals surface area contributed by atoms with Crippen LogP contribution in [0.4, 0.5) is 17.1 Å². The van der Waals surface area contributed by atoms with Crippen LogP contribution in [0.25, 0.3) is 10.8 Å². The topological polar surface area (TPSA) is 114 Å². The maximum Gasteiger partial charge on any atom is 0.295 e. The minimum atomic E-state index is -4.33. The third-order valence-electron chi connectivity index (χ3n) is 3.63. The van der Waals surface area contributed by atoms with Gasteiger partial charge in [0.2, 0.25) is 0 Å². The number of rotatable bonds is 4. The highest BCUT2D eigenvalue weighted by atomic mass is 32.2. The van der Waals surface area contributed by atoms with Crippen molar-refractivity contribution in [1.82, 2.24) is 0 Å². The summed E-state index contributed by atoms with van der Waals surface area (Å²) in [5.74, 6) is 0.489. The molecule has 7 nitrogen and oxygen atoms in total. The van der Waals surface area contributed by atoms with E-state index in [1.807, 2.05) is 0 Å². The van der Waals surface area contributed by atoms with Gasteiger partial charge in [0.15, 0.2) is 0 Å². The predicted octanol–water partition coefficient (Wildman–Crippen LogP) is 4.09. The van der Waals surface area contributed by atoms with Crippen molar-refractivity contribution < 1.29 is 17.7 Å². The first-order chi connectivity index (χ1) is 11.9. The summed E-state index contributed by atoms with van der Waals surface area (Å²) in [6.45, 7) is 0. The third-order valence-corrected chi connectivity index (χ3v) is 4.54. The molecule has 0 unspecified atom stereocenters. The second-order valence-electron chi connectivity index (χ2n) is 5.23. The van der Waals surface area contributed by atoms with Gasteiger partial charge in [-0.3, -0.25) is 4.55 Å². The fourth-order valence-corrected chi connectivity index (χ4v) is 3.16. The molecule has 25 heavy (non-hydrogen) atoms. The third kappa shape index (κ3) is 3.44. The Morgan fingerprint density at radius 3 is 2.44 bits per heavy atom. The first-order valence-corrected chi connectivity index (χ1v) is 8.68. The summed E-state index contributed by atoms with van der Waals surface area (Å²) in [4.78, 5) is -0.170. The van der Waals surface area contributed by atoms with Crippen molar-refractivity contribution >= 4 is 38.0 Å². The molecule has 0 saturated carbocycles. The van der Waals surface area contributed by atoms with Crippen LogP contribution in [0.5, 0.6) is 5.75 Å². The van der Waals surface area contributed by atoms with E-state index in [0.717, 1.165) is 0 Å². The average Bonchev–Trinajstić information content (AvgIpc) is 2.59. The lowest BCUT2D eigenvalue weighted by atomic mass is 10.1. The average molecular weight is 357 g/mol. The van der Waals surface area contributed by atoms with E-state index in [1.165, 1.54) is 19.2 Å². The molecule has 0 atom stereocenters. The van der Waals surface area contributed by atoms with Gasteiger partial charge in [-0.05, 0) is 24.3 Å². The molecule has 8 heteroatoms. The zero-order valence-corrected chi connectivity index (χ0v) is 14.1. The summed E-state index contributed by atoms with van der Waals surface area (Å²) >= 11 is 0. The van der Waals surface area contributed by atoms with Gasteiger partial charge in [-0.25, -0.2) is 0 Å². The van der Waals surface area contributed by atoms with Gasteiger partial charge in [-0.2, -0.15) is 13.5 Å². The molecule has 0 heterocycles. The highest BCUT2D eigenvalue weighted by Crippen LogP contribution is 2.32. The molecule has 0 bridgehead atoms. The SMILES string of the molecule is COc1cc(N=Nc2cccc3c(S(=O)(=O)O)cccc23)ccc1N. The van der Waals surface area contributed by atoms with E-state index in [4.69, 9.17) is 10.5 Å². The molecule has 0 fully saturated rings. The summed E-state index contributed by atoms with van der Waals surface area (Å²) in [6, 6.07) is 14.5. The molecule has 0 radical (unpaired) electrons. The van der Waals surface area contributed by atoms with Crippen molar-refractivity contribution in [3.05, 3.63) is 54.6 Å². The van der Waals surface area contributed by atoms with Gasteiger partial charge in [0.25, 0.3) is 10.1 Å². The largest absolute Gasteiger partial charge is 0.495 e. The molecule has 3 aromatic rings. The Morgan fingerprint density at radius 1 is 1.00 bits per heavy atom. The maximum atomic E-state index is 11.5. The molecule has 3 aromatic carbocycles. The van der Waals surface area contributed by atoms with Crippen LogP contribution in [0, 0.1) is 0 Å². The molecule has 0 aliphatic heterocycles. The van der Waals surface area contributed by atoms with Crippen molar-refractivity contribution in [3.8, 4) is 5.75 Å². The van der Waals surface area contributed by atoms with Crippen molar-refractivity contribution in [2.75, 3.05) is 12.8 Å². The van der Waals surface area contributed by atoms with E-state index in [9.17, 15) is 13.0 Å². The number of hydrogen-bond donors (Lipinski definition) is 2. The number of benzene rings is 3. The second kappa shape index (κ2) is 6.50. The van der Waals surface area contributed by atoms with E-state index in [-0.39, 0.29) is 4.90 Å². The number of ether oxygens (including phenoxy) is 1. The molecule has 0 aliphatic rings. The molecule has 0 saturated heterocycles. The summed E-state index contributed by atoms with van der Waals surface area (Å²) in [7, 11) is -2.82. The fraction of sp³-hybridized carbons (Fsp3) is 0.0588. The number of anilines is 1. The lowest BCUT2D eigenvalue weighted by Crippen LogP contribution is -1.98. The van der Waals surface area contributed by atoms with Gasteiger partial charge >= 0.3 is 0 Å². The lowest BCUT2D eigenvalue weighted by molar-refractivity contribution is 0.417. The molecule has 3 N–H and O–H groups in total. The van der Waals surface area contributed by atoms with Crippen LogP contribution in [0.2, 0.25) is 0 Å². The number of fused-ring (bicyclic) bond motifs is 1. The predicted molar refractivity (Wildman–Crippen MR) is 95.3 cm³/mol. The Hall–Kier alpha value is -2.97. The first-order valence-electron chi connectivity index (χ1n) is 7.24. The van der Waals surface area contributed by atoms with Crippen molar-refractivity contribution in [2.24, 2.45) is 10.2 Å². The van der Waals surface area contributed by atoms with Crippen LogP contribution in [0.1, 0.15) is 0 Å². The maximum absolute atomic E-state index is 11.5. The Balaban J connectivity index is 2.08. The van der Waals surface area contributed by atoms with Gasteiger partial charge in [-0.15, -0.1) is 5.11 Å². The van der Waals surface area contributed by atoms with E-state index < -0.39 is 10.1 Å². The van der Waals surface area contributed by atoms with Crippen LogP contribution in [-0.2, 0) is 10.1 Å². The van der Waals surface area contributed by atoms with Crippen LogP contribution in [-0.4, -0.2) is 20.1 Å². The van der Waals surface area contributed by atoms with Gasteiger partial charge in [-0.1, -0.05) is 24.3 Å². The summed E-state index contributed by atoms with van der Waals surface area (Å²) < 4.78 is 37.5. The van der Waals surface area contributed by atoms with Crippen LogP contribution < -0.4 is 10.5 Å². The Bertz CT molecular complexity index is 1080. The van der Waals surface area contributed by atoms with Crippen LogP contribution >= 0.6 is 0 Å². The van der Waals surface area contributed by atoms with Crippen LogP contribution in [0.15, 0.2) is 69.7 Å². The van der Waals surface area contributed by atoms with E-state index in [2.05, 4.69) is 10.2 Å². The number of hydrogen-bond acceptors (Lipinski definition) is 6. The van der Waals surface area contributed by atoms with Crippen LogP contribution in [0.3, 0.4) is 0 Å². The minimum Gasteiger partial charge on any atom is -0.495 e. The Morgan fingerprint density at radius 2 is 1.72 bits per heavy atom. The number of nitrogen functional groups attached to an aromatic ring is 1. The first kappa shape index (κ1) is 16.9. The lowest BCUT2D eigenvalue weighted by Gasteiger charge is -2.06. The molecular formula is C17H15N3O4S. The monoisotopic (exact) mass is 357 g/mol. The second-order valence-corrected chi connectivity index (χ2v) is 6.62. The number of nitrogens with zero attached hydrogens (tertiary/aromatic N) is 2. The smallest absolute Gasteiger partial charge is 0.295 e. The highest BCUT2D eigenvalue weighted by Gasteiger charge is 2.14. The standard InChI is InChI=1S/C17H15N3O4S/c1-24-16-10-11(8-9-14(16)18)19-20-15-6-2-5-13-12(15)4-3-7-17(13)25(21,22)23/h2-10H,18H2,1H3,(H,21,22,23). The summed E-state index contributed by atoms with van der Waals surface area (Å²) in [6.07, 6.45) is 0. The molecular weight excluding hydrogens is 342 g/mol. The van der Waals surface area contributed by atoms with Gasteiger partial charge in [0, 0.05) is 16.8 Å². The molecule has 128 valence electrons. The summed E-state index contributed by atoms with van der Waals surface area (Å²) in [5.41, 5.74) is 7.26. The van der Waals surface area contributed by atoms with Crippen molar-refractivity contribution in [3.63, 3.8) is 0 Å². The van der Waals surface area contributed by atoms with Crippen molar-refractivity contribution in [1.29, 1.82) is 0 Å². The summed E-state index contributed by atoms with van der Waals surface area (Å²) in [5, 5.41) is 9.26. The van der Waals surface area contributed by atoms with Gasteiger partial charge in [0.1, 0.15) is 10.6 Å². The zero-order valence-electron chi connectivity index (χ0n) is 13.2. The normalized spacial score (nSPS) is 11.9. The quantitative estimate of drug-likeness (QED) is 0.414. The number of methoxy groups -OCH3 is 1. The van der Waals surface area contributed by atoms with E-state index in [1.54, 1.807) is 42.5 Å². The number of azo groups is 1. The van der Waals surface area contributed by atoms with Gasteiger partial charge < -0.3 is 10.5 Å². The molecule has 0 amide bonds. The molecule has 0 spiro atoms. The van der Waals surface area contributed by atoms with E-state index in [0.29, 0.717) is 33.6 Å². The fourth-order valence-electron chi connectivity index (χ4n) is 2.45.